The van der Waals surface area contributed by atoms with Gasteiger partial charge in [-0.05, 0) is 43.4 Å². The topological polar surface area (TPSA) is 58.6 Å². The fraction of sp³-hybridized carbons (Fsp3) is 0.467. The van der Waals surface area contributed by atoms with Gasteiger partial charge in [-0.15, -0.1) is 0 Å². The number of hydrogen-bond donors (Lipinski definition) is 1. The summed E-state index contributed by atoms with van der Waals surface area (Å²) in [6.45, 7) is 0.937. The fourth-order valence-electron chi connectivity index (χ4n) is 3.34. The van der Waals surface area contributed by atoms with Crippen LogP contribution in [0.1, 0.15) is 24.8 Å². The van der Waals surface area contributed by atoms with Gasteiger partial charge in [0.05, 0.1) is 5.69 Å². The molecule has 3 heterocycles. The van der Waals surface area contributed by atoms with Gasteiger partial charge in [-0.25, -0.2) is 4.90 Å². The Morgan fingerprint density at radius 3 is 2.65 bits per heavy atom. The molecule has 5 heteroatoms. The van der Waals surface area contributed by atoms with Crippen molar-refractivity contribution in [3.05, 3.63) is 23.8 Å². The normalized spacial score (nSPS) is 28.3. The molecule has 0 radical (unpaired) electrons. The van der Waals surface area contributed by atoms with Crippen LogP contribution in [-0.2, 0) is 20.7 Å². The molecule has 2 fully saturated rings. The number of fused-ring (bicyclic) bond motifs is 3. The second kappa shape index (κ2) is 4.31. The average molecular weight is 272 g/mol. The molecule has 3 aliphatic heterocycles. The van der Waals surface area contributed by atoms with Crippen LogP contribution >= 0.6 is 0 Å². The number of benzene rings is 1. The van der Waals surface area contributed by atoms with Gasteiger partial charge in [0.1, 0.15) is 12.2 Å². The molecule has 0 aromatic heterocycles. The molecule has 3 aliphatic rings. The van der Waals surface area contributed by atoms with Crippen molar-refractivity contribution in [2.24, 2.45) is 0 Å². The summed E-state index contributed by atoms with van der Waals surface area (Å²) >= 11 is 0. The molecule has 0 aliphatic carbocycles. The van der Waals surface area contributed by atoms with E-state index in [1.807, 2.05) is 18.2 Å². The molecule has 2 atom stereocenters. The highest BCUT2D eigenvalue weighted by atomic mass is 16.5. The molecule has 5 nitrogen and oxygen atoms in total. The van der Waals surface area contributed by atoms with Crippen LogP contribution < -0.4 is 10.2 Å². The number of carbonyl (C=O) groups excluding carboxylic acids is 2. The Kier molecular flexibility index (Phi) is 2.57. The van der Waals surface area contributed by atoms with Crippen molar-refractivity contribution in [2.45, 2.75) is 37.9 Å². The van der Waals surface area contributed by atoms with Crippen LogP contribution in [0.3, 0.4) is 0 Å². The summed E-state index contributed by atoms with van der Waals surface area (Å²) in [4.78, 5) is 26.2. The van der Waals surface area contributed by atoms with Gasteiger partial charge in [0, 0.05) is 12.2 Å². The molecular weight excluding hydrogens is 256 g/mol. The summed E-state index contributed by atoms with van der Waals surface area (Å²) in [5, 5.41) is 3.33. The molecule has 1 aromatic rings. The van der Waals surface area contributed by atoms with E-state index >= 15 is 0 Å². The van der Waals surface area contributed by atoms with E-state index in [-0.39, 0.29) is 11.8 Å². The van der Waals surface area contributed by atoms with E-state index in [9.17, 15) is 9.59 Å². The number of hydrogen-bond acceptors (Lipinski definition) is 4. The number of imide groups is 1. The van der Waals surface area contributed by atoms with Crippen LogP contribution in [0.2, 0.25) is 0 Å². The minimum Gasteiger partial charge on any atom is -0.385 e. The number of carbonyl (C=O) groups is 2. The molecule has 1 aromatic carbocycles. The summed E-state index contributed by atoms with van der Waals surface area (Å²) in [5.41, 5.74) is 2.85. The van der Waals surface area contributed by atoms with Gasteiger partial charge in [-0.1, -0.05) is 6.07 Å². The first-order chi connectivity index (χ1) is 9.75. The maximum atomic E-state index is 12.4. The fourth-order valence-corrected chi connectivity index (χ4v) is 3.34. The lowest BCUT2D eigenvalue weighted by molar-refractivity contribution is -0.146. The van der Waals surface area contributed by atoms with Gasteiger partial charge < -0.3 is 10.1 Å². The van der Waals surface area contributed by atoms with E-state index in [2.05, 4.69) is 5.32 Å². The van der Waals surface area contributed by atoms with E-state index in [0.29, 0.717) is 12.8 Å². The average Bonchev–Trinajstić information content (AvgIpc) is 2.93. The highest BCUT2D eigenvalue weighted by Gasteiger charge is 2.47. The summed E-state index contributed by atoms with van der Waals surface area (Å²) in [5.74, 6) is -0.412. The van der Waals surface area contributed by atoms with E-state index in [1.165, 1.54) is 4.90 Å². The molecule has 2 bridgehead atoms. The number of rotatable bonds is 1. The molecule has 2 unspecified atom stereocenters. The molecule has 104 valence electrons. The van der Waals surface area contributed by atoms with E-state index in [1.54, 1.807) is 0 Å². The lowest BCUT2D eigenvalue weighted by Crippen LogP contribution is -2.52. The predicted molar refractivity (Wildman–Crippen MR) is 73.6 cm³/mol. The Labute approximate surface area is 116 Å². The number of nitrogens with one attached hydrogen (secondary N) is 1. The smallest absolute Gasteiger partial charge is 0.262 e. The second-order valence-corrected chi connectivity index (χ2v) is 5.54. The molecule has 20 heavy (non-hydrogen) atoms. The number of morpholine rings is 1. The van der Waals surface area contributed by atoms with Crippen molar-refractivity contribution in [1.82, 2.24) is 0 Å². The highest BCUT2D eigenvalue weighted by molar-refractivity contribution is 6.20. The standard InChI is InChI=1S/C15H16N2O3/c18-14-12-6-7-13(20-12)15(19)17(14)11-5-1-4-10-9(11)3-2-8-16-10/h1,4-5,12-13,16H,2-3,6-8H2. The van der Waals surface area contributed by atoms with E-state index < -0.39 is 12.2 Å². The molecular formula is C15H16N2O3. The van der Waals surface area contributed by atoms with Gasteiger partial charge >= 0.3 is 0 Å². The number of amides is 2. The van der Waals surface area contributed by atoms with Crippen LogP contribution in [0.25, 0.3) is 0 Å². The third-order valence-electron chi connectivity index (χ3n) is 4.32. The summed E-state index contributed by atoms with van der Waals surface area (Å²) < 4.78 is 5.46. The Hall–Kier alpha value is -1.88. The minimum absolute atomic E-state index is 0.206. The number of nitrogens with zero attached hydrogens (tertiary/aromatic N) is 1. The third kappa shape index (κ3) is 1.59. The van der Waals surface area contributed by atoms with Crippen molar-refractivity contribution in [1.29, 1.82) is 0 Å². The second-order valence-electron chi connectivity index (χ2n) is 5.54. The zero-order valence-corrected chi connectivity index (χ0v) is 11.1. The maximum Gasteiger partial charge on any atom is 0.262 e. The van der Waals surface area contributed by atoms with Gasteiger partial charge in [-0.3, -0.25) is 9.59 Å². The zero-order chi connectivity index (χ0) is 13.7. The van der Waals surface area contributed by atoms with Gasteiger partial charge in [-0.2, -0.15) is 0 Å². The Morgan fingerprint density at radius 1 is 1.15 bits per heavy atom. The first-order valence-corrected chi connectivity index (χ1v) is 7.15. The Bertz CT molecular complexity index is 577. The van der Waals surface area contributed by atoms with Crippen molar-refractivity contribution >= 4 is 23.2 Å². The molecule has 4 rings (SSSR count). The van der Waals surface area contributed by atoms with Crippen molar-refractivity contribution in [2.75, 3.05) is 16.8 Å². The molecule has 0 spiro atoms. The molecule has 2 saturated heterocycles. The van der Waals surface area contributed by atoms with Crippen molar-refractivity contribution in [3.8, 4) is 0 Å². The summed E-state index contributed by atoms with van der Waals surface area (Å²) in [7, 11) is 0. The van der Waals surface area contributed by atoms with E-state index in [0.717, 1.165) is 36.3 Å². The molecule has 2 amide bonds. The lowest BCUT2D eigenvalue weighted by atomic mass is 10.00. The maximum absolute atomic E-state index is 12.4. The Morgan fingerprint density at radius 2 is 1.90 bits per heavy atom. The van der Waals surface area contributed by atoms with Crippen LogP contribution in [0.15, 0.2) is 18.2 Å². The number of ether oxygens (including phenoxy) is 1. The zero-order valence-electron chi connectivity index (χ0n) is 11.1. The quantitative estimate of drug-likeness (QED) is 0.786. The summed E-state index contributed by atoms with van der Waals surface area (Å²) in [6, 6.07) is 5.76. The first kappa shape index (κ1) is 11.9. The predicted octanol–water partition coefficient (Wildman–Crippen LogP) is 1.47. The van der Waals surface area contributed by atoms with Gasteiger partial charge in [0.25, 0.3) is 11.8 Å². The SMILES string of the molecule is O=C1C2CCC(O2)C(=O)N1c1cccc2c1CCCN2. The first-order valence-electron chi connectivity index (χ1n) is 7.15. The van der Waals surface area contributed by atoms with Crippen LogP contribution in [0.4, 0.5) is 11.4 Å². The van der Waals surface area contributed by atoms with E-state index in [4.69, 9.17) is 4.74 Å². The summed E-state index contributed by atoms with van der Waals surface area (Å²) in [6.07, 6.45) is 2.34. The molecule has 1 N–H and O–H groups in total. The lowest BCUT2D eigenvalue weighted by Gasteiger charge is -2.32. The highest BCUT2D eigenvalue weighted by Crippen LogP contribution is 2.37. The monoisotopic (exact) mass is 272 g/mol. The largest absolute Gasteiger partial charge is 0.385 e. The number of anilines is 2. The third-order valence-corrected chi connectivity index (χ3v) is 4.32. The van der Waals surface area contributed by atoms with Crippen molar-refractivity contribution in [3.63, 3.8) is 0 Å². The van der Waals surface area contributed by atoms with Crippen LogP contribution in [0.5, 0.6) is 0 Å². The van der Waals surface area contributed by atoms with Crippen molar-refractivity contribution < 1.29 is 14.3 Å². The minimum atomic E-state index is -0.440. The van der Waals surface area contributed by atoms with Crippen LogP contribution in [-0.4, -0.2) is 30.6 Å². The Balaban J connectivity index is 1.80. The van der Waals surface area contributed by atoms with Crippen LogP contribution in [0, 0.1) is 0 Å². The molecule has 0 saturated carbocycles. The van der Waals surface area contributed by atoms with Gasteiger partial charge in [0.15, 0.2) is 0 Å². The van der Waals surface area contributed by atoms with Gasteiger partial charge in [0.2, 0.25) is 0 Å².